The molecule has 0 spiro atoms. The molecule has 0 aliphatic rings. The Bertz CT molecular complexity index is 982. The SMILES string of the molecule is C=C/C=C(\C(O)=C/C)c1nc2cnccn2c1Nc1ccccc1C. The van der Waals surface area contributed by atoms with Gasteiger partial charge in [-0.25, -0.2) is 4.98 Å². The average Bonchev–Trinajstić information content (AvgIpc) is 2.99. The molecule has 126 valence electrons. The summed E-state index contributed by atoms with van der Waals surface area (Å²) in [5.41, 5.74) is 4.00. The zero-order chi connectivity index (χ0) is 17.8. The number of fused-ring (bicyclic) bond motifs is 1. The molecule has 5 heteroatoms. The second kappa shape index (κ2) is 7.05. The lowest BCUT2D eigenvalue weighted by atomic mass is 10.1. The summed E-state index contributed by atoms with van der Waals surface area (Å²) in [7, 11) is 0. The molecule has 1 aromatic carbocycles. The molecule has 2 aromatic heterocycles. The lowest BCUT2D eigenvalue weighted by molar-refractivity contribution is 0.436. The van der Waals surface area contributed by atoms with E-state index in [1.807, 2.05) is 41.8 Å². The summed E-state index contributed by atoms with van der Waals surface area (Å²) in [6.07, 6.45) is 10.2. The Labute approximate surface area is 146 Å². The van der Waals surface area contributed by atoms with Gasteiger partial charge in [-0.2, -0.15) is 0 Å². The number of para-hydroxylation sites is 1. The maximum atomic E-state index is 10.3. The third-order valence-corrected chi connectivity index (χ3v) is 3.92. The molecule has 5 nitrogen and oxygen atoms in total. The molecule has 3 rings (SSSR count). The maximum absolute atomic E-state index is 10.3. The van der Waals surface area contributed by atoms with Crippen LogP contribution in [0.2, 0.25) is 0 Å². The van der Waals surface area contributed by atoms with Gasteiger partial charge >= 0.3 is 0 Å². The molecule has 0 radical (unpaired) electrons. The van der Waals surface area contributed by atoms with E-state index in [1.54, 1.807) is 37.5 Å². The Morgan fingerprint density at radius 3 is 2.84 bits per heavy atom. The zero-order valence-electron chi connectivity index (χ0n) is 14.3. The first-order chi connectivity index (χ1) is 12.2. The summed E-state index contributed by atoms with van der Waals surface area (Å²) >= 11 is 0. The van der Waals surface area contributed by atoms with Crippen LogP contribution in [-0.4, -0.2) is 19.5 Å². The van der Waals surface area contributed by atoms with E-state index in [0.717, 1.165) is 17.1 Å². The molecule has 25 heavy (non-hydrogen) atoms. The van der Waals surface area contributed by atoms with Crippen LogP contribution in [0.25, 0.3) is 11.2 Å². The number of rotatable bonds is 5. The standard InChI is InChI=1S/C20H20N4O/c1-4-8-15(17(25)5-2)19-20(22-16-10-7-6-9-14(16)3)24-12-11-21-13-18(24)23-19/h4-13,22,25H,1H2,2-3H3/b15-8+,17-5+. The Morgan fingerprint density at radius 2 is 2.12 bits per heavy atom. The van der Waals surface area contributed by atoms with Gasteiger partial charge in [0.25, 0.3) is 0 Å². The van der Waals surface area contributed by atoms with Gasteiger partial charge in [-0.05, 0) is 37.6 Å². The number of nitrogens with zero attached hydrogens (tertiary/aromatic N) is 3. The van der Waals surface area contributed by atoms with Crippen LogP contribution in [0, 0.1) is 6.92 Å². The van der Waals surface area contributed by atoms with Crippen LogP contribution < -0.4 is 5.32 Å². The third-order valence-electron chi connectivity index (χ3n) is 3.92. The molecule has 0 unspecified atom stereocenters. The lowest BCUT2D eigenvalue weighted by Crippen LogP contribution is -2.01. The van der Waals surface area contributed by atoms with E-state index >= 15 is 0 Å². The monoisotopic (exact) mass is 332 g/mol. The van der Waals surface area contributed by atoms with Crippen LogP contribution >= 0.6 is 0 Å². The first kappa shape index (κ1) is 16.5. The number of aliphatic hydroxyl groups excluding tert-OH is 1. The van der Waals surface area contributed by atoms with Crippen LogP contribution in [0.1, 0.15) is 18.2 Å². The van der Waals surface area contributed by atoms with Crippen molar-refractivity contribution in [1.82, 2.24) is 14.4 Å². The lowest BCUT2D eigenvalue weighted by Gasteiger charge is -2.12. The van der Waals surface area contributed by atoms with Gasteiger partial charge < -0.3 is 10.4 Å². The van der Waals surface area contributed by atoms with Crippen molar-refractivity contribution >= 4 is 22.7 Å². The van der Waals surface area contributed by atoms with Crippen molar-refractivity contribution in [2.24, 2.45) is 0 Å². The van der Waals surface area contributed by atoms with E-state index in [4.69, 9.17) is 0 Å². The van der Waals surface area contributed by atoms with Crippen molar-refractivity contribution in [1.29, 1.82) is 0 Å². The quantitative estimate of drug-likeness (QED) is 0.520. The second-order valence-corrected chi connectivity index (χ2v) is 5.54. The van der Waals surface area contributed by atoms with Gasteiger partial charge in [-0.3, -0.25) is 9.38 Å². The number of hydrogen-bond donors (Lipinski definition) is 2. The van der Waals surface area contributed by atoms with Crippen molar-refractivity contribution in [2.45, 2.75) is 13.8 Å². The van der Waals surface area contributed by atoms with Crippen molar-refractivity contribution in [3.8, 4) is 0 Å². The number of imidazole rings is 1. The minimum Gasteiger partial charge on any atom is -0.508 e. The van der Waals surface area contributed by atoms with Gasteiger partial charge in [0, 0.05) is 23.7 Å². The van der Waals surface area contributed by atoms with Crippen LogP contribution in [-0.2, 0) is 0 Å². The van der Waals surface area contributed by atoms with Gasteiger partial charge in [0.05, 0.1) is 6.20 Å². The molecular weight excluding hydrogens is 312 g/mol. The minimum atomic E-state index is 0.143. The summed E-state index contributed by atoms with van der Waals surface area (Å²) < 4.78 is 1.91. The number of nitrogens with one attached hydrogen (secondary N) is 1. The fourth-order valence-electron chi connectivity index (χ4n) is 2.61. The van der Waals surface area contributed by atoms with Gasteiger partial charge in [0.2, 0.25) is 0 Å². The fraction of sp³-hybridized carbons (Fsp3) is 0.100. The van der Waals surface area contributed by atoms with Crippen molar-refractivity contribution in [2.75, 3.05) is 5.32 Å². The highest BCUT2D eigenvalue weighted by Crippen LogP contribution is 2.31. The highest BCUT2D eigenvalue weighted by atomic mass is 16.3. The van der Waals surface area contributed by atoms with Crippen LogP contribution in [0.3, 0.4) is 0 Å². The highest BCUT2D eigenvalue weighted by molar-refractivity contribution is 5.85. The van der Waals surface area contributed by atoms with E-state index in [1.165, 1.54) is 0 Å². The number of allylic oxidation sites excluding steroid dienone is 4. The Balaban J connectivity index is 2.23. The molecule has 0 amide bonds. The van der Waals surface area contributed by atoms with Crippen LogP contribution in [0.5, 0.6) is 0 Å². The summed E-state index contributed by atoms with van der Waals surface area (Å²) in [5.74, 6) is 0.900. The largest absolute Gasteiger partial charge is 0.508 e. The van der Waals surface area contributed by atoms with Gasteiger partial charge in [0.1, 0.15) is 17.3 Å². The molecule has 0 atom stereocenters. The molecule has 0 aliphatic carbocycles. The van der Waals surface area contributed by atoms with Crippen molar-refractivity contribution < 1.29 is 5.11 Å². The van der Waals surface area contributed by atoms with Gasteiger partial charge in [-0.1, -0.05) is 30.9 Å². The van der Waals surface area contributed by atoms with E-state index in [9.17, 15) is 5.11 Å². The summed E-state index contributed by atoms with van der Waals surface area (Å²) in [5, 5.41) is 13.8. The molecule has 0 fully saturated rings. The first-order valence-corrected chi connectivity index (χ1v) is 7.99. The number of aromatic nitrogens is 3. The zero-order valence-corrected chi connectivity index (χ0v) is 14.3. The summed E-state index contributed by atoms with van der Waals surface area (Å²) in [6, 6.07) is 8.01. The van der Waals surface area contributed by atoms with Crippen molar-refractivity contribution in [3.05, 3.63) is 84.7 Å². The Kier molecular flexibility index (Phi) is 4.66. The van der Waals surface area contributed by atoms with Crippen LogP contribution in [0.15, 0.2) is 73.4 Å². The Morgan fingerprint density at radius 1 is 1.32 bits per heavy atom. The topological polar surface area (TPSA) is 62.5 Å². The number of aliphatic hydroxyl groups is 1. The van der Waals surface area contributed by atoms with E-state index in [2.05, 4.69) is 21.9 Å². The second-order valence-electron chi connectivity index (χ2n) is 5.54. The average molecular weight is 332 g/mol. The molecule has 0 saturated heterocycles. The molecule has 3 aromatic rings. The summed E-state index contributed by atoms with van der Waals surface area (Å²) in [6.45, 7) is 7.56. The number of aryl methyl sites for hydroxylation is 1. The predicted molar refractivity (Wildman–Crippen MR) is 102 cm³/mol. The van der Waals surface area contributed by atoms with Gasteiger partial charge in [0.15, 0.2) is 5.65 Å². The first-order valence-electron chi connectivity index (χ1n) is 7.99. The van der Waals surface area contributed by atoms with E-state index in [-0.39, 0.29) is 5.76 Å². The number of hydrogen-bond acceptors (Lipinski definition) is 4. The molecule has 2 N–H and O–H groups in total. The fourth-order valence-corrected chi connectivity index (χ4v) is 2.61. The Hall–Kier alpha value is -3.34. The van der Waals surface area contributed by atoms with Gasteiger partial charge in [-0.15, -0.1) is 0 Å². The number of anilines is 2. The normalized spacial score (nSPS) is 12.4. The van der Waals surface area contributed by atoms with Crippen molar-refractivity contribution in [3.63, 3.8) is 0 Å². The molecule has 0 saturated carbocycles. The van der Waals surface area contributed by atoms with E-state index in [0.29, 0.717) is 16.9 Å². The minimum absolute atomic E-state index is 0.143. The molecule has 2 heterocycles. The maximum Gasteiger partial charge on any atom is 0.157 e. The smallest absolute Gasteiger partial charge is 0.157 e. The predicted octanol–water partition coefficient (Wildman–Crippen LogP) is 4.81. The molecule has 0 aliphatic heterocycles. The van der Waals surface area contributed by atoms with E-state index < -0.39 is 0 Å². The highest BCUT2D eigenvalue weighted by Gasteiger charge is 2.18. The molecule has 0 bridgehead atoms. The van der Waals surface area contributed by atoms with Crippen LogP contribution in [0.4, 0.5) is 11.5 Å². The third kappa shape index (κ3) is 3.17. The summed E-state index contributed by atoms with van der Waals surface area (Å²) in [4.78, 5) is 8.78. The molecular formula is C20H20N4O. The number of benzene rings is 1.